The molecule has 0 saturated carbocycles. The fourth-order valence-corrected chi connectivity index (χ4v) is 3.04. The van der Waals surface area contributed by atoms with Crippen molar-refractivity contribution in [3.05, 3.63) is 69.8 Å². The minimum atomic E-state index is -0.0972. The van der Waals surface area contributed by atoms with E-state index in [2.05, 4.69) is 15.3 Å². The van der Waals surface area contributed by atoms with Crippen LogP contribution in [0.5, 0.6) is 0 Å². The quantitative estimate of drug-likeness (QED) is 0.768. The van der Waals surface area contributed by atoms with Gasteiger partial charge in [-0.15, -0.1) is 0 Å². The van der Waals surface area contributed by atoms with Gasteiger partial charge in [0, 0.05) is 28.4 Å². The minimum Gasteiger partial charge on any atom is -0.350 e. The van der Waals surface area contributed by atoms with Gasteiger partial charge in [0.05, 0.1) is 24.4 Å². The maximum absolute atomic E-state index is 12.1. The van der Waals surface area contributed by atoms with Gasteiger partial charge in [-0.2, -0.15) is 11.3 Å². The van der Waals surface area contributed by atoms with E-state index < -0.39 is 0 Å². The molecule has 0 bridgehead atoms. The van der Waals surface area contributed by atoms with Crippen molar-refractivity contribution in [2.45, 2.75) is 13.0 Å². The first-order valence-corrected chi connectivity index (χ1v) is 8.38. The molecule has 0 aliphatic rings. The highest BCUT2D eigenvalue weighted by atomic mass is 35.5. The molecule has 1 aromatic carbocycles. The van der Waals surface area contributed by atoms with Gasteiger partial charge in [-0.1, -0.05) is 29.8 Å². The summed E-state index contributed by atoms with van der Waals surface area (Å²) >= 11 is 7.68. The van der Waals surface area contributed by atoms with Gasteiger partial charge in [-0.25, -0.2) is 0 Å². The topological polar surface area (TPSA) is 54.9 Å². The second-order valence-electron chi connectivity index (χ2n) is 4.91. The lowest BCUT2D eigenvalue weighted by molar-refractivity contribution is -0.120. The van der Waals surface area contributed by atoms with Crippen LogP contribution in [0.3, 0.4) is 0 Å². The van der Waals surface area contributed by atoms with Crippen LogP contribution >= 0.6 is 22.9 Å². The third-order valence-electron chi connectivity index (χ3n) is 3.33. The average molecular weight is 344 g/mol. The van der Waals surface area contributed by atoms with E-state index >= 15 is 0 Å². The largest absolute Gasteiger partial charge is 0.350 e. The highest BCUT2D eigenvalue weighted by molar-refractivity contribution is 7.08. The molecule has 0 aliphatic carbocycles. The SMILES string of the molecule is O=C(Cc1ccccc1Cl)NCc1nccnc1-c1ccsc1. The third kappa shape index (κ3) is 3.94. The number of hydrogen-bond donors (Lipinski definition) is 1. The normalized spacial score (nSPS) is 10.5. The van der Waals surface area contributed by atoms with E-state index in [4.69, 9.17) is 11.6 Å². The van der Waals surface area contributed by atoms with Gasteiger partial charge in [0.25, 0.3) is 0 Å². The number of aromatic nitrogens is 2. The van der Waals surface area contributed by atoms with Crippen molar-refractivity contribution in [3.63, 3.8) is 0 Å². The molecule has 0 unspecified atom stereocenters. The van der Waals surface area contributed by atoms with Gasteiger partial charge >= 0.3 is 0 Å². The van der Waals surface area contributed by atoms with Crippen molar-refractivity contribution in [1.82, 2.24) is 15.3 Å². The number of thiophene rings is 1. The summed E-state index contributed by atoms with van der Waals surface area (Å²) in [5, 5.41) is 7.48. The molecular formula is C17H14ClN3OS. The number of hydrogen-bond acceptors (Lipinski definition) is 4. The number of rotatable bonds is 5. The number of amides is 1. The van der Waals surface area contributed by atoms with Gasteiger partial charge in [-0.3, -0.25) is 14.8 Å². The first-order valence-electron chi connectivity index (χ1n) is 7.06. The molecule has 4 nitrogen and oxygen atoms in total. The van der Waals surface area contributed by atoms with Gasteiger partial charge in [0.15, 0.2) is 0 Å². The summed E-state index contributed by atoms with van der Waals surface area (Å²) in [6, 6.07) is 9.33. The maximum atomic E-state index is 12.1. The molecule has 0 atom stereocenters. The predicted molar refractivity (Wildman–Crippen MR) is 92.3 cm³/mol. The molecule has 116 valence electrons. The number of carbonyl (C=O) groups is 1. The van der Waals surface area contributed by atoms with E-state index in [1.54, 1.807) is 29.8 Å². The molecule has 1 N–H and O–H groups in total. The molecule has 2 aromatic heterocycles. The molecule has 6 heteroatoms. The Hall–Kier alpha value is -2.24. The van der Waals surface area contributed by atoms with Gasteiger partial charge in [-0.05, 0) is 23.1 Å². The second-order valence-corrected chi connectivity index (χ2v) is 6.10. The van der Waals surface area contributed by atoms with Crippen molar-refractivity contribution in [3.8, 4) is 11.3 Å². The molecule has 3 rings (SSSR count). The predicted octanol–water partition coefficient (Wildman–Crippen LogP) is 3.72. The molecule has 0 radical (unpaired) electrons. The summed E-state index contributed by atoms with van der Waals surface area (Å²) < 4.78 is 0. The Balaban J connectivity index is 1.67. The van der Waals surface area contributed by atoms with Crippen LogP contribution in [-0.4, -0.2) is 15.9 Å². The molecule has 0 saturated heterocycles. The molecule has 0 fully saturated rings. The highest BCUT2D eigenvalue weighted by Crippen LogP contribution is 2.22. The van der Waals surface area contributed by atoms with E-state index in [1.807, 2.05) is 35.0 Å². The van der Waals surface area contributed by atoms with Gasteiger partial charge < -0.3 is 5.32 Å². The van der Waals surface area contributed by atoms with Gasteiger partial charge in [0.2, 0.25) is 5.91 Å². The average Bonchev–Trinajstić information content (AvgIpc) is 3.10. The fourth-order valence-electron chi connectivity index (χ4n) is 2.20. The Morgan fingerprint density at radius 3 is 2.78 bits per heavy atom. The molecule has 2 heterocycles. The minimum absolute atomic E-state index is 0.0972. The number of carbonyl (C=O) groups excluding carboxylic acids is 1. The lowest BCUT2D eigenvalue weighted by Crippen LogP contribution is -2.25. The van der Waals surface area contributed by atoms with Crippen LogP contribution in [0.1, 0.15) is 11.3 Å². The Bertz CT molecular complexity index is 805. The van der Waals surface area contributed by atoms with E-state index in [0.29, 0.717) is 11.6 Å². The van der Waals surface area contributed by atoms with Crippen molar-refractivity contribution < 1.29 is 4.79 Å². The summed E-state index contributed by atoms with van der Waals surface area (Å²) in [6.45, 7) is 0.336. The van der Waals surface area contributed by atoms with Crippen LogP contribution in [-0.2, 0) is 17.8 Å². The summed E-state index contributed by atoms with van der Waals surface area (Å²) in [5.74, 6) is -0.0972. The van der Waals surface area contributed by atoms with Crippen LogP contribution in [0.25, 0.3) is 11.3 Å². The van der Waals surface area contributed by atoms with Crippen molar-refractivity contribution in [2.24, 2.45) is 0 Å². The van der Waals surface area contributed by atoms with E-state index in [0.717, 1.165) is 22.5 Å². The van der Waals surface area contributed by atoms with Crippen molar-refractivity contribution in [1.29, 1.82) is 0 Å². The first kappa shape index (κ1) is 15.6. The standard InChI is InChI=1S/C17H14ClN3OS/c18-14-4-2-1-3-12(14)9-16(22)21-10-15-17(20-7-6-19-15)13-5-8-23-11-13/h1-8,11H,9-10H2,(H,21,22). The van der Waals surface area contributed by atoms with Crippen molar-refractivity contribution in [2.75, 3.05) is 0 Å². The van der Waals surface area contributed by atoms with E-state index in [1.165, 1.54) is 0 Å². The smallest absolute Gasteiger partial charge is 0.224 e. The summed E-state index contributed by atoms with van der Waals surface area (Å²) in [4.78, 5) is 20.8. The molecule has 1 amide bonds. The third-order valence-corrected chi connectivity index (χ3v) is 4.38. The zero-order valence-corrected chi connectivity index (χ0v) is 13.8. The van der Waals surface area contributed by atoms with Crippen LogP contribution in [0.2, 0.25) is 5.02 Å². The molecule has 3 aromatic rings. The van der Waals surface area contributed by atoms with E-state index in [-0.39, 0.29) is 12.3 Å². The number of benzene rings is 1. The molecular weight excluding hydrogens is 330 g/mol. The van der Waals surface area contributed by atoms with E-state index in [9.17, 15) is 4.79 Å². The van der Waals surface area contributed by atoms with Crippen LogP contribution in [0, 0.1) is 0 Å². The fraction of sp³-hybridized carbons (Fsp3) is 0.118. The zero-order valence-electron chi connectivity index (χ0n) is 12.2. The Morgan fingerprint density at radius 2 is 2.00 bits per heavy atom. The summed E-state index contributed by atoms with van der Waals surface area (Å²) in [5.41, 5.74) is 3.37. The molecule has 0 spiro atoms. The van der Waals surface area contributed by atoms with Crippen molar-refractivity contribution >= 4 is 28.8 Å². The Morgan fingerprint density at radius 1 is 1.17 bits per heavy atom. The Kier molecular flexibility index (Phi) is 5.00. The summed E-state index contributed by atoms with van der Waals surface area (Å²) in [6.07, 6.45) is 3.53. The summed E-state index contributed by atoms with van der Waals surface area (Å²) in [7, 11) is 0. The number of halogens is 1. The lowest BCUT2D eigenvalue weighted by atomic mass is 10.1. The molecule has 0 aliphatic heterocycles. The number of nitrogens with one attached hydrogen (secondary N) is 1. The van der Waals surface area contributed by atoms with Gasteiger partial charge in [0.1, 0.15) is 0 Å². The second kappa shape index (κ2) is 7.35. The highest BCUT2D eigenvalue weighted by Gasteiger charge is 2.11. The zero-order chi connectivity index (χ0) is 16.1. The Labute approximate surface area is 143 Å². The molecule has 23 heavy (non-hydrogen) atoms. The first-order chi connectivity index (χ1) is 11.2. The number of nitrogens with zero attached hydrogens (tertiary/aromatic N) is 2. The maximum Gasteiger partial charge on any atom is 0.224 e. The lowest BCUT2D eigenvalue weighted by Gasteiger charge is -2.08. The monoisotopic (exact) mass is 343 g/mol. The van der Waals surface area contributed by atoms with Crippen LogP contribution in [0.4, 0.5) is 0 Å². The van der Waals surface area contributed by atoms with Crippen LogP contribution < -0.4 is 5.32 Å². The van der Waals surface area contributed by atoms with Crippen LogP contribution in [0.15, 0.2) is 53.5 Å².